The van der Waals surface area contributed by atoms with Gasteiger partial charge in [-0.2, -0.15) is 4.37 Å². The van der Waals surface area contributed by atoms with Crippen LogP contribution in [0.4, 0.5) is 5.69 Å². The topological polar surface area (TPSA) is 61.0 Å². The van der Waals surface area contributed by atoms with Crippen LogP contribution in [0.2, 0.25) is 0 Å². The second kappa shape index (κ2) is 4.50. The molecular formula is C9H9N3OS2. The summed E-state index contributed by atoms with van der Waals surface area (Å²) in [5, 5.41) is 0. The molecule has 4 nitrogen and oxygen atoms in total. The lowest BCUT2D eigenvalue weighted by molar-refractivity contribution is 0.415. The number of nitrogen functional groups attached to an aromatic ring is 1. The molecule has 0 unspecified atom stereocenters. The minimum Gasteiger partial charge on any atom is -0.497 e. The van der Waals surface area contributed by atoms with E-state index in [1.807, 2.05) is 12.1 Å². The molecule has 15 heavy (non-hydrogen) atoms. The van der Waals surface area contributed by atoms with Crippen molar-refractivity contribution in [3.63, 3.8) is 0 Å². The minimum atomic E-state index is 0.689. The normalized spacial score (nSPS) is 10.2. The monoisotopic (exact) mass is 239 g/mol. The van der Waals surface area contributed by atoms with E-state index in [9.17, 15) is 0 Å². The van der Waals surface area contributed by atoms with Crippen molar-refractivity contribution in [3.8, 4) is 5.75 Å². The molecule has 0 saturated heterocycles. The Bertz CT molecular complexity index is 445. The Kier molecular flexibility index (Phi) is 3.08. The van der Waals surface area contributed by atoms with Gasteiger partial charge in [0, 0.05) is 16.6 Å². The van der Waals surface area contributed by atoms with E-state index >= 15 is 0 Å². The average Bonchev–Trinajstić information content (AvgIpc) is 2.74. The van der Waals surface area contributed by atoms with E-state index in [0.29, 0.717) is 5.69 Å². The molecule has 0 radical (unpaired) electrons. The summed E-state index contributed by atoms with van der Waals surface area (Å²) in [7, 11) is 1.62. The van der Waals surface area contributed by atoms with Crippen molar-refractivity contribution in [2.24, 2.45) is 0 Å². The third kappa shape index (κ3) is 2.40. The van der Waals surface area contributed by atoms with Gasteiger partial charge in [0.15, 0.2) is 4.34 Å². The van der Waals surface area contributed by atoms with Crippen LogP contribution < -0.4 is 10.5 Å². The van der Waals surface area contributed by atoms with Crippen LogP contribution in [0.15, 0.2) is 33.8 Å². The molecule has 2 rings (SSSR count). The third-order valence-electron chi connectivity index (χ3n) is 1.76. The predicted octanol–water partition coefficient (Wildman–Crippen LogP) is 2.28. The molecule has 1 aromatic carbocycles. The molecule has 0 aliphatic carbocycles. The molecule has 0 aliphatic heterocycles. The lowest BCUT2D eigenvalue weighted by Crippen LogP contribution is -1.90. The highest BCUT2D eigenvalue weighted by molar-refractivity contribution is 8.01. The Hall–Kier alpha value is -1.27. The SMILES string of the molecule is COc1ccc(Sc2ncns2)c(N)c1. The van der Waals surface area contributed by atoms with Crippen LogP contribution in [0.5, 0.6) is 5.75 Å². The van der Waals surface area contributed by atoms with Crippen molar-refractivity contribution in [2.45, 2.75) is 9.24 Å². The predicted molar refractivity (Wildman–Crippen MR) is 61.4 cm³/mol. The summed E-state index contributed by atoms with van der Waals surface area (Å²) in [5.41, 5.74) is 6.56. The largest absolute Gasteiger partial charge is 0.497 e. The molecule has 0 amide bonds. The van der Waals surface area contributed by atoms with E-state index in [4.69, 9.17) is 10.5 Å². The number of aromatic nitrogens is 2. The molecule has 0 spiro atoms. The van der Waals surface area contributed by atoms with Crippen molar-refractivity contribution in [2.75, 3.05) is 12.8 Å². The minimum absolute atomic E-state index is 0.689. The first-order valence-corrected chi connectivity index (χ1v) is 5.76. The highest BCUT2D eigenvalue weighted by Crippen LogP contribution is 2.34. The maximum Gasteiger partial charge on any atom is 0.174 e. The summed E-state index contributed by atoms with van der Waals surface area (Å²) >= 11 is 2.86. The van der Waals surface area contributed by atoms with Gasteiger partial charge in [-0.15, -0.1) is 0 Å². The quantitative estimate of drug-likeness (QED) is 0.833. The number of hydrogen-bond donors (Lipinski definition) is 1. The zero-order chi connectivity index (χ0) is 10.7. The fraction of sp³-hybridized carbons (Fsp3) is 0.111. The first-order chi connectivity index (χ1) is 7.29. The molecule has 0 aliphatic rings. The fourth-order valence-electron chi connectivity index (χ4n) is 1.05. The Morgan fingerprint density at radius 1 is 1.47 bits per heavy atom. The van der Waals surface area contributed by atoms with Gasteiger partial charge in [0.05, 0.1) is 7.11 Å². The van der Waals surface area contributed by atoms with Crippen LogP contribution >= 0.6 is 23.3 Å². The number of hydrogen-bond acceptors (Lipinski definition) is 6. The van der Waals surface area contributed by atoms with Crippen LogP contribution in [0.25, 0.3) is 0 Å². The van der Waals surface area contributed by atoms with Crippen LogP contribution in [0.3, 0.4) is 0 Å². The first-order valence-electron chi connectivity index (χ1n) is 4.17. The molecule has 2 N–H and O–H groups in total. The van der Waals surface area contributed by atoms with E-state index < -0.39 is 0 Å². The molecule has 78 valence electrons. The Morgan fingerprint density at radius 2 is 2.33 bits per heavy atom. The molecule has 0 atom stereocenters. The number of benzene rings is 1. The molecule has 1 heterocycles. The summed E-state index contributed by atoms with van der Waals surface area (Å²) < 4.78 is 9.88. The zero-order valence-electron chi connectivity index (χ0n) is 8.01. The van der Waals surface area contributed by atoms with Gasteiger partial charge in [0.1, 0.15) is 12.1 Å². The van der Waals surface area contributed by atoms with Crippen LogP contribution in [-0.2, 0) is 0 Å². The maximum atomic E-state index is 5.87. The smallest absolute Gasteiger partial charge is 0.174 e. The van der Waals surface area contributed by atoms with Gasteiger partial charge in [-0.3, -0.25) is 0 Å². The maximum absolute atomic E-state index is 5.87. The van der Waals surface area contributed by atoms with Crippen molar-refractivity contribution in [3.05, 3.63) is 24.5 Å². The second-order valence-corrected chi connectivity index (χ2v) is 4.78. The summed E-state index contributed by atoms with van der Waals surface area (Å²) in [6.45, 7) is 0. The van der Waals surface area contributed by atoms with Crippen molar-refractivity contribution >= 4 is 29.0 Å². The Balaban J connectivity index is 2.22. The van der Waals surface area contributed by atoms with Crippen LogP contribution in [0.1, 0.15) is 0 Å². The van der Waals surface area contributed by atoms with Crippen molar-refractivity contribution in [1.82, 2.24) is 9.36 Å². The van der Waals surface area contributed by atoms with Gasteiger partial charge < -0.3 is 10.5 Å². The van der Waals surface area contributed by atoms with E-state index in [1.165, 1.54) is 29.6 Å². The van der Waals surface area contributed by atoms with E-state index in [-0.39, 0.29) is 0 Å². The van der Waals surface area contributed by atoms with Crippen molar-refractivity contribution in [1.29, 1.82) is 0 Å². The van der Waals surface area contributed by atoms with Gasteiger partial charge in [0.25, 0.3) is 0 Å². The Labute approximate surface area is 95.7 Å². The highest BCUT2D eigenvalue weighted by Gasteiger charge is 2.05. The average molecular weight is 239 g/mol. The van der Waals surface area contributed by atoms with Crippen LogP contribution in [0, 0.1) is 0 Å². The van der Waals surface area contributed by atoms with Crippen molar-refractivity contribution < 1.29 is 4.74 Å². The molecular weight excluding hydrogens is 230 g/mol. The molecule has 0 bridgehead atoms. The van der Waals surface area contributed by atoms with Gasteiger partial charge >= 0.3 is 0 Å². The highest BCUT2D eigenvalue weighted by atomic mass is 32.2. The first kappa shape index (κ1) is 10.3. The fourth-order valence-corrected chi connectivity index (χ4v) is 2.48. The number of rotatable bonds is 3. The van der Waals surface area contributed by atoms with E-state index in [2.05, 4.69) is 9.36 Å². The summed E-state index contributed by atoms with van der Waals surface area (Å²) in [6.07, 6.45) is 1.53. The lowest BCUT2D eigenvalue weighted by Gasteiger charge is -2.05. The number of ether oxygens (including phenoxy) is 1. The molecule has 0 saturated carbocycles. The van der Waals surface area contributed by atoms with Gasteiger partial charge in [0.2, 0.25) is 0 Å². The summed E-state index contributed by atoms with van der Waals surface area (Å²) in [4.78, 5) is 5.04. The molecule has 1 aromatic heterocycles. The van der Waals surface area contributed by atoms with Gasteiger partial charge in [-0.05, 0) is 23.7 Å². The molecule has 2 aromatic rings. The molecule has 6 heteroatoms. The number of anilines is 1. The van der Waals surface area contributed by atoms with E-state index in [1.54, 1.807) is 13.2 Å². The van der Waals surface area contributed by atoms with Crippen LogP contribution in [-0.4, -0.2) is 16.5 Å². The number of methoxy groups -OCH3 is 1. The Morgan fingerprint density at radius 3 is 2.93 bits per heavy atom. The zero-order valence-corrected chi connectivity index (χ0v) is 9.64. The summed E-state index contributed by atoms with van der Waals surface area (Å²) in [6, 6.07) is 5.59. The van der Waals surface area contributed by atoms with E-state index in [0.717, 1.165) is 15.0 Å². The standard InChI is InChI=1S/C9H9N3OS2/c1-13-6-2-3-8(7(10)4-6)14-9-11-5-12-15-9/h2-5H,10H2,1H3. The summed E-state index contributed by atoms with van der Waals surface area (Å²) in [5.74, 6) is 0.758. The lowest BCUT2D eigenvalue weighted by atomic mass is 10.3. The number of nitrogens with zero attached hydrogens (tertiary/aromatic N) is 2. The van der Waals surface area contributed by atoms with Gasteiger partial charge in [-0.25, -0.2) is 4.98 Å². The second-order valence-electron chi connectivity index (χ2n) is 2.71. The number of nitrogens with two attached hydrogens (primary N) is 1. The van der Waals surface area contributed by atoms with Gasteiger partial charge in [-0.1, -0.05) is 11.8 Å². The third-order valence-corrected chi connectivity index (χ3v) is 3.56. The molecule has 0 fully saturated rings.